The van der Waals surface area contributed by atoms with E-state index in [2.05, 4.69) is 25.5 Å². The Labute approximate surface area is 158 Å². The van der Waals surface area contributed by atoms with Crippen LogP contribution in [0.25, 0.3) is 5.65 Å². The number of tetrazole rings is 1. The molecule has 9 heteroatoms. The van der Waals surface area contributed by atoms with Crippen LogP contribution in [-0.2, 0) is 4.74 Å². The van der Waals surface area contributed by atoms with Gasteiger partial charge in [0, 0.05) is 26.2 Å². The lowest BCUT2D eigenvalue weighted by atomic mass is 9.71. The van der Waals surface area contributed by atoms with Gasteiger partial charge < -0.3 is 14.5 Å². The lowest BCUT2D eigenvalue weighted by Crippen LogP contribution is -2.49. The van der Waals surface area contributed by atoms with Crippen LogP contribution in [0.15, 0.2) is 12.1 Å². The molecule has 0 radical (unpaired) electrons. The van der Waals surface area contributed by atoms with E-state index in [9.17, 15) is 4.79 Å². The number of amides is 1. The number of carbonyl (C=O) groups excluding carboxylic acids is 1. The van der Waals surface area contributed by atoms with Crippen LogP contribution in [0.2, 0.25) is 0 Å². The van der Waals surface area contributed by atoms with Crippen molar-refractivity contribution in [2.24, 2.45) is 5.41 Å². The number of likely N-dealkylation sites (tertiary alicyclic amines) is 1. The van der Waals surface area contributed by atoms with Crippen LogP contribution < -0.4 is 4.90 Å². The molecule has 1 amide bonds. The average molecular weight is 373 g/mol. The Kier molecular flexibility index (Phi) is 4.39. The summed E-state index contributed by atoms with van der Waals surface area (Å²) < 4.78 is 6.98. The fourth-order valence-corrected chi connectivity index (χ4v) is 4.01. The smallest absolute Gasteiger partial charge is 0.410 e. The first-order chi connectivity index (χ1) is 12.8. The Morgan fingerprint density at radius 2 is 1.74 bits per heavy atom. The molecule has 2 aromatic rings. The highest BCUT2D eigenvalue weighted by Crippen LogP contribution is 2.42. The highest BCUT2D eigenvalue weighted by atomic mass is 16.6. The van der Waals surface area contributed by atoms with Crippen molar-refractivity contribution in [2.75, 3.05) is 31.1 Å². The van der Waals surface area contributed by atoms with Gasteiger partial charge in [-0.2, -0.15) is 0 Å². The number of hydrogen-bond donors (Lipinski definition) is 0. The Bertz CT molecular complexity index is 810. The minimum Gasteiger partial charge on any atom is -0.444 e. The van der Waals surface area contributed by atoms with Crippen molar-refractivity contribution in [3.8, 4) is 0 Å². The molecule has 0 aromatic carbocycles. The first-order valence-electron chi connectivity index (χ1n) is 9.62. The minimum atomic E-state index is -0.439. The molecule has 0 N–H and O–H groups in total. The molecule has 2 aliphatic rings. The largest absolute Gasteiger partial charge is 0.444 e. The molecule has 9 nitrogen and oxygen atoms in total. The number of carbonyl (C=O) groups is 1. The van der Waals surface area contributed by atoms with Crippen LogP contribution in [0.5, 0.6) is 0 Å². The van der Waals surface area contributed by atoms with E-state index in [4.69, 9.17) is 4.74 Å². The lowest BCUT2D eigenvalue weighted by molar-refractivity contribution is 0.00664. The van der Waals surface area contributed by atoms with Crippen LogP contribution in [0.4, 0.5) is 10.6 Å². The molecule has 0 aliphatic carbocycles. The molecule has 0 atom stereocenters. The lowest BCUT2D eigenvalue weighted by Gasteiger charge is -2.47. The molecule has 2 fully saturated rings. The van der Waals surface area contributed by atoms with Gasteiger partial charge >= 0.3 is 6.09 Å². The second-order valence-corrected chi connectivity index (χ2v) is 8.67. The first kappa shape index (κ1) is 17.9. The third-order valence-corrected chi connectivity index (χ3v) is 5.68. The predicted molar refractivity (Wildman–Crippen MR) is 99.5 cm³/mol. The van der Waals surface area contributed by atoms with Gasteiger partial charge in [-0.3, -0.25) is 0 Å². The summed E-state index contributed by atoms with van der Waals surface area (Å²) in [5.41, 5.74) is 0.542. The Balaban J connectivity index is 1.33. The van der Waals surface area contributed by atoms with Crippen LogP contribution in [-0.4, -0.2) is 68.0 Å². The summed E-state index contributed by atoms with van der Waals surface area (Å²) in [4.78, 5) is 16.4. The fraction of sp³-hybridized carbons (Fsp3) is 0.722. The Morgan fingerprint density at radius 3 is 2.41 bits per heavy atom. The summed E-state index contributed by atoms with van der Waals surface area (Å²) >= 11 is 0. The summed E-state index contributed by atoms with van der Waals surface area (Å²) in [6, 6.07) is 3.88. The van der Waals surface area contributed by atoms with E-state index in [1.165, 1.54) is 4.63 Å². The van der Waals surface area contributed by atoms with Crippen LogP contribution >= 0.6 is 0 Å². The third kappa shape index (κ3) is 3.81. The monoisotopic (exact) mass is 373 g/mol. The highest BCUT2D eigenvalue weighted by Gasteiger charge is 2.39. The van der Waals surface area contributed by atoms with E-state index < -0.39 is 5.60 Å². The molecule has 2 aliphatic heterocycles. The molecular formula is C18H27N7O2. The van der Waals surface area contributed by atoms with Gasteiger partial charge in [-0.25, -0.2) is 4.79 Å². The first-order valence-corrected chi connectivity index (χ1v) is 9.62. The van der Waals surface area contributed by atoms with E-state index in [-0.39, 0.29) is 6.09 Å². The molecule has 1 spiro atoms. The van der Waals surface area contributed by atoms with Crippen molar-refractivity contribution in [3.63, 3.8) is 0 Å². The summed E-state index contributed by atoms with van der Waals surface area (Å²) in [7, 11) is 0. The number of anilines is 1. The fourth-order valence-electron chi connectivity index (χ4n) is 4.01. The second-order valence-electron chi connectivity index (χ2n) is 8.67. The van der Waals surface area contributed by atoms with E-state index in [1.807, 2.05) is 37.8 Å². The molecule has 2 aromatic heterocycles. The zero-order valence-electron chi connectivity index (χ0n) is 16.3. The average Bonchev–Trinajstić information content (AvgIpc) is 3.09. The number of piperidine rings is 2. The summed E-state index contributed by atoms with van der Waals surface area (Å²) in [5, 5.41) is 15.9. The van der Waals surface area contributed by atoms with Crippen molar-refractivity contribution in [1.29, 1.82) is 0 Å². The van der Waals surface area contributed by atoms with Gasteiger partial charge in [0.15, 0.2) is 11.5 Å². The maximum atomic E-state index is 12.3. The van der Waals surface area contributed by atoms with Gasteiger partial charge in [0.25, 0.3) is 0 Å². The van der Waals surface area contributed by atoms with Crippen molar-refractivity contribution >= 4 is 17.6 Å². The minimum absolute atomic E-state index is 0.186. The van der Waals surface area contributed by atoms with Crippen molar-refractivity contribution in [1.82, 2.24) is 30.2 Å². The normalized spacial score (nSPS) is 20.3. The molecule has 4 rings (SSSR count). The Morgan fingerprint density at radius 1 is 1.07 bits per heavy atom. The molecule has 0 unspecified atom stereocenters. The number of hydrogen-bond acceptors (Lipinski definition) is 7. The van der Waals surface area contributed by atoms with Gasteiger partial charge in [0.2, 0.25) is 0 Å². The standard InChI is InChI=1S/C18H27N7O2/c1-17(2,3)27-16(26)24-12-8-18(9-13-24)6-10-23(11-7-18)15-5-4-14-19-21-22-25(14)20-15/h4-5H,6-13H2,1-3H3. The van der Waals surface area contributed by atoms with Gasteiger partial charge in [-0.05, 0) is 74.4 Å². The highest BCUT2D eigenvalue weighted by molar-refractivity contribution is 5.68. The molecule has 2 saturated heterocycles. The zero-order chi connectivity index (χ0) is 19.1. The van der Waals surface area contributed by atoms with E-state index in [1.54, 1.807) is 0 Å². The SMILES string of the molecule is CC(C)(C)OC(=O)N1CCC2(CC1)CCN(c1ccc3nnnn3n1)CC2. The molecule has 27 heavy (non-hydrogen) atoms. The number of ether oxygens (including phenoxy) is 1. The number of rotatable bonds is 1. The van der Waals surface area contributed by atoms with Crippen molar-refractivity contribution < 1.29 is 9.53 Å². The third-order valence-electron chi connectivity index (χ3n) is 5.68. The number of fused-ring (bicyclic) bond motifs is 1. The van der Waals surface area contributed by atoms with Gasteiger partial charge in [0.05, 0.1) is 0 Å². The molecule has 0 saturated carbocycles. The van der Waals surface area contributed by atoms with E-state index in [0.717, 1.165) is 57.7 Å². The van der Waals surface area contributed by atoms with E-state index >= 15 is 0 Å². The topological polar surface area (TPSA) is 88.8 Å². The number of nitrogens with zero attached hydrogens (tertiary/aromatic N) is 7. The van der Waals surface area contributed by atoms with Crippen molar-refractivity contribution in [3.05, 3.63) is 12.1 Å². The predicted octanol–water partition coefficient (Wildman–Crippen LogP) is 2.14. The zero-order valence-corrected chi connectivity index (χ0v) is 16.3. The van der Waals surface area contributed by atoms with Crippen LogP contribution in [0.3, 0.4) is 0 Å². The molecule has 4 heterocycles. The van der Waals surface area contributed by atoms with Gasteiger partial charge in [-0.15, -0.1) is 14.8 Å². The Hall–Kier alpha value is -2.45. The maximum absolute atomic E-state index is 12.3. The van der Waals surface area contributed by atoms with Gasteiger partial charge in [0.1, 0.15) is 5.60 Å². The second kappa shape index (κ2) is 6.61. The summed E-state index contributed by atoms with van der Waals surface area (Å²) in [6.07, 6.45) is 4.13. The maximum Gasteiger partial charge on any atom is 0.410 e. The molecule has 146 valence electrons. The quantitative estimate of drug-likeness (QED) is 0.756. The van der Waals surface area contributed by atoms with Crippen LogP contribution in [0, 0.1) is 5.41 Å². The summed E-state index contributed by atoms with van der Waals surface area (Å²) in [5.74, 6) is 0.913. The van der Waals surface area contributed by atoms with Gasteiger partial charge in [-0.1, -0.05) is 0 Å². The van der Waals surface area contributed by atoms with E-state index in [0.29, 0.717) is 11.1 Å². The molecular weight excluding hydrogens is 346 g/mol. The molecule has 0 bridgehead atoms. The number of aromatic nitrogens is 5. The summed E-state index contributed by atoms with van der Waals surface area (Å²) in [6.45, 7) is 9.22. The van der Waals surface area contributed by atoms with Crippen molar-refractivity contribution in [2.45, 2.75) is 52.1 Å². The van der Waals surface area contributed by atoms with Crippen LogP contribution in [0.1, 0.15) is 46.5 Å².